The van der Waals surface area contributed by atoms with Gasteiger partial charge in [-0.05, 0) is 74.9 Å². The minimum atomic E-state index is -0.340. The fourth-order valence-electron chi connectivity index (χ4n) is 3.94. The maximum absolute atomic E-state index is 13.0. The Hall–Kier alpha value is -3.06. The number of amides is 3. The van der Waals surface area contributed by atoms with Gasteiger partial charge in [0, 0.05) is 49.9 Å². The van der Waals surface area contributed by atoms with Crippen molar-refractivity contribution >= 4 is 29.0 Å². The summed E-state index contributed by atoms with van der Waals surface area (Å²) in [6.07, 6.45) is 5.17. The average molecular weight is 453 g/mol. The molecule has 2 aromatic carbocycles. The molecule has 3 amide bonds. The first-order valence-corrected chi connectivity index (χ1v) is 12.0. The van der Waals surface area contributed by atoms with Crippen molar-refractivity contribution in [3.8, 4) is 0 Å². The summed E-state index contributed by atoms with van der Waals surface area (Å²) >= 11 is 0. The van der Waals surface area contributed by atoms with Crippen LogP contribution in [0.5, 0.6) is 0 Å². The predicted octanol–water partition coefficient (Wildman–Crippen LogP) is 5.04. The Bertz CT molecular complexity index is 908. The summed E-state index contributed by atoms with van der Waals surface area (Å²) in [6, 6.07) is 13.0. The lowest BCUT2D eigenvalue weighted by Gasteiger charge is -2.30. The van der Waals surface area contributed by atoms with Crippen molar-refractivity contribution in [2.75, 3.05) is 48.4 Å². The molecule has 3 N–H and O–H groups in total. The van der Waals surface area contributed by atoms with Gasteiger partial charge < -0.3 is 25.6 Å². The second-order valence-corrected chi connectivity index (χ2v) is 8.22. The summed E-state index contributed by atoms with van der Waals surface area (Å²) < 4.78 is 5.35. The van der Waals surface area contributed by atoms with Crippen molar-refractivity contribution in [2.45, 2.75) is 46.0 Å². The molecule has 1 fully saturated rings. The van der Waals surface area contributed by atoms with Gasteiger partial charge in [0.15, 0.2) is 0 Å². The van der Waals surface area contributed by atoms with Crippen molar-refractivity contribution < 1.29 is 14.3 Å². The number of aryl methyl sites for hydroxylation is 1. The molecule has 3 rings (SSSR count). The summed E-state index contributed by atoms with van der Waals surface area (Å²) in [7, 11) is 0. The summed E-state index contributed by atoms with van der Waals surface area (Å²) in [5.41, 5.74) is 4.02. The number of carbonyl (C=O) groups excluding carboxylic acids is 2. The third-order valence-electron chi connectivity index (χ3n) is 5.77. The number of piperidine rings is 1. The van der Waals surface area contributed by atoms with Crippen LogP contribution in [-0.4, -0.2) is 44.8 Å². The topological polar surface area (TPSA) is 82.7 Å². The monoisotopic (exact) mass is 452 g/mol. The van der Waals surface area contributed by atoms with E-state index in [1.165, 1.54) is 12.0 Å². The van der Waals surface area contributed by atoms with E-state index in [1.54, 1.807) is 6.07 Å². The van der Waals surface area contributed by atoms with Crippen LogP contribution in [0.15, 0.2) is 42.5 Å². The van der Waals surface area contributed by atoms with Gasteiger partial charge in [-0.15, -0.1) is 0 Å². The third-order valence-corrected chi connectivity index (χ3v) is 5.77. The second kappa shape index (κ2) is 12.8. The Kier molecular flexibility index (Phi) is 9.57. The fourth-order valence-corrected chi connectivity index (χ4v) is 3.94. The lowest BCUT2D eigenvalue weighted by Crippen LogP contribution is -2.33. The van der Waals surface area contributed by atoms with E-state index in [-0.39, 0.29) is 11.9 Å². The Morgan fingerprint density at radius 2 is 1.64 bits per heavy atom. The van der Waals surface area contributed by atoms with Gasteiger partial charge in [0.25, 0.3) is 5.91 Å². The molecule has 2 aromatic rings. The van der Waals surface area contributed by atoms with Gasteiger partial charge >= 0.3 is 6.03 Å². The number of carbonyl (C=O) groups is 2. The Morgan fingerprint density at radius 1 is 0.939 bits per heavy atom. The van der Waals surface area contributed by atoms with Crippen LogP contribution in [0.3, 0.4) is 0 Å². The third kappa shape index (κ3) is 7.49. The van der Waals surface area contributed by atoms with Crippen molar-refractivity contribution in [1.82, 2.24) is 5.32 Å². The van der Waals surface area contributed by atoms with Gasteiger partial charge in [0.05, 0.1) is 5.56 Å². The molecule has 0 saturated carbocycles. The molecular formula is C26H36N4O3. The molecule has 1 heterocycles. The first-order valence-electron chi connectivity index (χ1n) is 12.0. The molecule has 0 unspecified atom stereocenters. The van der Waals surface area contributed by atoms with Gasteiger partial charge in [-0.1, -0.05) is 19.1 Å². The van der Waals surface area contributed by atoms with E-state index in [9.17, 15) is 9.59 Å². The molecule has 7 nitrogen and oxygen atoms in total. The van der Waals surface area contributed by atoms with E-state index < -0.39 is 0 Å². The number of ether oxygens (including phenoxy) is 1. The number of nitrogens with zero attached hydrogens (tertiary/aromatic N) is 1. The van der Waals surface area contributed by atoms with Gasteiger partial charge in [-0.2, -0.15) is 0 Å². The molecule has 1 aliphatic heterocycles. The number of urea groups is 1. The standard InChI is InChI=1S/C26H36N4O3/c1-3-20-9-11-21(12-10-20)28-26(32)29-22-13-14-24(30-16-6-5-7-17-30)23(19-22)25(31)27-15-8-18-33-4-2/h9-14,19H,3-8,15-18H2,1-2H3,(H,27,31)(H2,28,29,32). The number of rotatable bonds is 10. The minimum absolute atomic E-state index is 0.133. The number of hydrogen-bond donors (Lipinski definition) is 3. The van der Waals surface area contributed by atoms with Gasteiger partial charge in [-0.25, -0.2) is 4.79 Å². The molecule has 0 spiro atoms. The maximum Gasteiger partial charge on any atom is 0.323 e. The van der Waals surface area contributed by atoms with Crippen LogP contribution < -0.4 is 20.9 Å². The number of hydrogen-bond acceptors (Lipinski definition) is 4. The molecule has 33 heavy (non-hydrogen) atoms. The Morgan fingerprint density at radius 3 is 2.33 bits per heavy atom. The molecule has 0 bridgehead atoms. The summed E-state index contributed by atoms with van der Waals surface area (Å²) in [6.45, 7) is 7.76. The van der Waals surface area contributed by atoms with E-state index in [4.69, 9.17) is 4.74 Å². The Labute approximate surface area is 196 Å². The maximum atomic E-state index is 13.0. The normalized spacial score (nSPS) is 13.5. The smallest absolute Gasteiger partial charge is 0.323 e. The van der Waals surface area contributed by atoms with Gasteiger partial charge in [0.2, 0.25) is 0 Å². The van der Waals surface area contributed by atoms with Crippen molar-refractivity contribution in [3.63, 3.8) is 0 Å². The van der Waals surface area contributed by atoms with E-state index in [0.29, 0.717) is 31.0 Å². The molecule has 1 saturated heterocycles. The predicted molar refractivity (Wildman–Crippen MR) is 134 cm³/mol. The van der Waals surface area contributed by atoms with E-state index >= 15 is 0 Å². The van der Waals surface area contributed by atoms with Crippen LogP contribution in [0.1, 0.15) is 55.5 Å². The van der Waals surface area contributed by atoms with Gasteiger partial charge in [0.1, 0.15) is 0 Å². The van der Waals surface area contributed by atoms with Crippen LogP contribution in [0.25, 0.3) is 0 Å². The number of anilines is 3. The Balaban J connectivity index is 1.69. The van der Waals surface area contributed by atoms with Crippen LogP contribution in [-0.2, 0) is 11.2 Å². The van der Waals surface area contributed by atoms with Crippen molar-refractivity contribution in [3.05, 3.63) is 53.6 Å². The van der Waals surface area contributed by atoms with Crippen LogP contribution in [0.2, 0.25) is 0 Å². The number of benzene rings is 2. The fraction of sp³-hybridized carbons (Fsp3) is 0.462. The van der Waals surface area contributed by atoms with E-state index in [2.05, 4.69) is 27.8 Å². The lowest BCUT2D eigenvalue weighted by molar-refractivity contribution is 0.0944. The first-order chi connectivity index (χ1) is 16.1. The summed E-state index contributed by atoms with van der Waals surface area (Å²) in [5, 5.41) is 8.70. The average Bonchev–Trinajstić information content (AvgIpc) is 2.84. The molecule has 0 atom stereocenters. The highest BCUT2D eigenvalue weighted by atomic mass is 16.5. The van der Waals surface area contributed by atoms with Crippen LogP contribution in [0.4, 0.5) is 21.9 Å². The van der Waals surface area contributed by atoms with E-state index in [0.717, 1.165) is 50.1 Å². The van der Waals surface area contributed by atoms with Gasteiger partial charge in [-0.3, -0.25) is 4.79 Å². The summed E-state index contributed by atoms with van der Waals surface area (Å²) in [5.74, 6) is -0.133. The summed E-state index contributed by atoms with van der Waals surface area (Å²) in [4.78, 5) is 27.8. The molecule has 0 aliphatic carbocycles. The molecular weight excluding hydrogens is 416 g/mol. The van der Waals surface area contributed by atoms with Crippen LogP contribution in [0, 0.1) is 0 Å². The zero-order valence-electron chi connectivity index (χ0n) is 19.8. The molecule has 0 aromatic heterocycles. The molecule has 178 valence electrons. The molecule has 0 radical (unpaired) electrons. The van der Waals surface area contributed by atoms with Crippen molar-refractivity contribution in [1.29, 1.82) is 0 Å². The number of nitrogens with one attached hydrogen (secondary N) is 3. The first kappa shape index (κ1) is 24.6. The highest BCUT2D eigenvalue weighted by Crippen LogP contribution is 2.27. The zero-order chi connectivity index (χ0) is 23.5. The van der Waals surface area contributed by atoms with Crippen molar-refractivity contribution in [2.24, 2.45) is 0 Å². The zero-order valence-corrected chi connectivity index (χ0v) is 19.8. The molecule has 1 aliphatic rings. The molecule has 7 heteroatoms. The largest absolute Gasteiger partial charge is 0.382 e. The van der Waals surface area contributed by atoms with E-state index in [1.807, 2.05) is 43.3 Å². The minimum Gasteiger partial charge on any atom is -0.382 e. The lowest BCUT2D eigenvalue weighted by atomic mass is 10.1. The highest BCUT2D eigenvalue weighted by Gasteiger charge is 2.19. The second-order valence-electron chi connectivity index (χ2n) is 8.22. The quantitative estimate of drug-likeness (QED) is 0.441. The SMILES string of the molecule is CCOCCCNC(=O)c1cc(NC(=O)Nc2ccc(CC)cc2)ccc1N1CCCCC1. The highest BCUT2D eigenvalue weighted by molar-refractivity contribution is 6.04. The van der Waals surface area contributed by atoms with Crippen LogP contribution >= 0.6 is 0 Å².